The smallest absolute Gasteiger partial charge is 0.129 e. The molecule has 0 radical (unpaired) electrons. The zero-order valence-corrected chi connectivity index (χ0v) is 15.0. The first-order valence-electron chi connectivity index (χ1n) is 5.76. The number of rotatable bonds is 2. The van der Waals surface area contributed by atoms with Crippen molar-refractivity contribution in [1.29, 1.82) is 0 Å². The van der Waals surface area contributed by atoms with E-state index in [1.165, 1.54) is 0 Å². The van der Waals surface area contributed by atoms with Gasteiger partial charge in [0, 0.05) is 8.59 Å². The lowest BCUT2D eigenvalue weighted by Gasteiger charge is -2.15. The molecular formula is C15H12BrClFI. The second kappa shape index (κ2) is 6.10. The Balaban J connectivity index is 2.49. The summed E-state index contributed by atoms with van der Waals surface area (Å²) in [5.41, 5.74) is 3.46. The van der Waals surface area contributed by atoms with E-state index in [0.29, 0.717) is 16.1 Å². The van der Waals surface area contributed by atoms with Crippen molar-refractivity contribution in [2.45, 2.75) is 18.7 Å². The van der Waals surface area contributed by atoms with Crippen LogP contribution in [-0.4, -0.2) is 0 Å². The van der Waals surface area contributed by atoms with Gasteiger partial charge in [0.1, 0.15) is 5.82 Å². The summed E-state index contributed by atoms with van der Waals surface area (Å²) < 4.78 is 14.8. The fourth-order valence-corrected chi connectivity index (χ4v) is 3.91. The second-order valence-corrected chi connectivity index (χ2v) is 7.01. The summed E-state index contributed by atoms with van der Waals surface area (Å²) in [6, 6.07) is 9.54. The molecule has 19 heavy (non-hydrogen) atoms. The van der Waals surface area contributed by atoms with Gasteiger partial charge in [0.25, 0.3) is 0 Å². The lowest BCUT2D eigenvalue weighted by atomic mass is 10.00. The number of hydrogen-bond donors (Lipinski definition) is 0. The molecule has 0 spiro atoms. The molecule has 0 fully saturated rings. The van der Waals surface area contributed by atoms with Gasteiger partial charge in [0.2, 0.25) is 0 Å². The Kier molecular flexibility index (Phi) is 4.90. The average molecular weight is 454 g/mol. The molecule has 0 aliphatic heterocycles. The first-order valence-corrected chi connectivity index (χ1v) is 8.13. The van der Waals surface area contributed by atoms with Gasteiger partial charge in [-0.3, -0.25) is 0 Å². The van der Waals surface area contributed by atoms with Gasteiger partial charge in [-0.25, -0.2) is 4.39 Å². The first-order chi connectivity index (χ1) is 8.90. The minimum absolute atomic E-state index is 0.0103. The van der Waals surface area contributed by atoms with Crippen LogP contribution < -0.4 is 0 Å². The van der Waals surface area contributed by atoms with Crippen LogP contribution in [0.2, 0.25) is 5.02 Å². The first kappa shape index (κ1) is 15.3. The van der Waals surface area contributed by atoms with Crippen LogP contribution in [0.1, 0.15) is 27.1 Å². The molecule has 1 unspecified atom stereocenters. The van der Waals surface area contributed by atoms with Crippen LogP contribution >= 0.6 is 50.1 Å². The van der Waals surface area contributed by atoms with E-state index < -0.39 is 0 Å². The molecule has 0 amide bonds. The second-order valence-electron chi connectivity index (χ2n) is 4.50. The highest BCUT2D eigenvalue weighted by atomic mass is 127. The standard InChI is InChI=1S/C15H12BrClFI/c1-8-5-10(6-9(2)15(8)18)14(16)12-7-11(17)3-4-13(12)19/h3-7,14H,1-2H3. The van der Waals surface area contributed by atoms with E-state index in [1.54, 1.807) is 13.8 Å². The molecule has 0 aliphatic rings. The Bertz CT molecular complexity index is 605. The maximum atomic E-state index is 13.7. The molecule has 100 valence electrons. The summed E-state index contributed by atoms with van der Waals surface area (Å²) in [5, 5.41) is 0.704. The third kappa shape index (κ3) is 3.31. The maximum Gasteiger partial charge on any atom is 0.129 e. The molecule has 4 heteroatoms. The quantitative estimate of drug-likeness (QED) is 0.376. The highest BCUT2D eigenvalue weighted by molar-refractivity contribution is 14.1. The Labute approximate surface area is 139 Å². The summed E-state index contributed by atoms with van der Waals surface area (Å²) in [6.45, 7) is 3.57. The predicted molar refractivity (Wildman–Crippen MR) is 90.8 cm³/mol. The predicted octanol–water partition coefficient (Wildman–Crippen LogP) is 6.18. The molecule has 1 atom stereocenters. The lowest BCUT2D eigenvalue weighted by molar-refractivity contribution is 0.608. The summed E-state index contributed by atoms with van der Waals surface area (Å²) in [5.74, 6) is -0.135. The van der Waals surface area contributed by atoms with Crippen LogP contribution in [0, 0.1) is 23.2 Å². The van der Waals surface area contributed by atoms with Crippen molar-refractivity contribution < 1.29 is 4.39 Å². The maximum absolute atomic E-state index is 13.7. The summed E-state index contributed by atoms with van der Waals surface area (Å²) in [4.78, 5) is 0.0103. The van der Waals surface area contributed by atoms with Gasteiger partial charge in [-0.2, -0.15) is 0 Å². The number of hydrogen-bond acceptors (Lipinski definition) is 0. The molecule has 0 nitrogen and oxygen atoms in total. The molecule has 0 N–H and O–H groups in total. The molecular weight excluding hydrogens is 441 g/mol. The lowest BCUT2D eigenvalue weighted by Crippen LogP contribution is -1.99. The Hall–Kier alpha value is -0.130. The molecule has 0 bridgehead atoms. The van der Waals surface area contributed by atoms with Crippen LogP contribution in [0.3, 0.4) is 0 Å². The fraction of sp³-hybridized carbons (Fsp3) is 0.200. The van der Waals surface area contributed by atoms with Crippen molar-refractivity contribution in [2.24, 2.45) is 0 Å². The number of aryl methyl sites for hydroxylation is 2. The Morgan fingerprint density at radius 3 is 2.32 bits per heavy atom. The molecule has 0 heterocycles. The van der Waals surface area contributed by atoms with Crippen LogP contribution in [-0.2, 0) is 0 Å². The third-order valence-electron chi connectivity index (χ3n) is 2.98. The van der Waals surface area contributed by atoms with E-state index in [2.05, 4.69) is 38.5 Å². The zero-order valence-electron chi connectivity index (χ0n) is 10.5. The van der Waals surface area contributed by atoms with Crippen LogP contribution in [0.5, 0.6) is 0 Å². The highest BCUT2D eigenvalue weighted by Gasteiger charge is 2.16. The number of benzene rings is 2. The van der Waals surface area contributed by atoms with Crippen molar-refractivity contribution >= 4 is 50.1 Å². The van der Waals surface area contributed by atoms with Crippen molar-refractivity contribution in [2.75, 3.05) is 0 Å². The average Bonchev–Trinajstić information content (AvgIpc) is 2.37. The van der Waals surface area contributed by atoms with E-state index in [-0.39, 0.29) is 10.6 Å². The van der Waals surface area contributed by atoms with Crippen LogP contribution in [0.25, 0.3) is 0 Å². The van der Waals surface area contributed by atoms with E-state index in [4.69, 9.17) is 11.6 Å². The normalized spacial score (nSPS) is 12.5. The Morgan fingerprint density at radius 2 is 1.74 bits per heavy atom. The van der Waals surface area contributed by atoms with Crippen molar-refractivity contribution in [3.63, 3.8) is 0 Å². The zero-order chi connectivity index (χ0) is 14.2. The van der Waals surface area contributed by atoms with Crippen LogP contribution in [0.4, 0.5) is 4.39 Å². The van der Waals surface area contributed by atoms with Crippen molar-refractivity contribution in [3.05, 3.63) is 67.0 Å². The van der Waals surface area contributed by atoms with E-state index in [1.807, 2.05) is 30.3 Å². The van der Waals surface area contributed by atoms with Gasteiger partial charge < -0.3 is 0 Å². The largest absolute Gasteiger partial charge is 0.206 e. The fourth-order valence-electron chi connectivity index (χ4n) is 2.01. The number of halogens is 4. The van der Waals surface area contributed by atoms with Gasteiger partial charge in [-0.1, -0.05) is 39.7 Å². The minimum Gasteiger partial charge on any atom is -0.206 e. The molecule has 2 rings (SSSR count). The SMILES string of the molecule is Cc1cc(C(Br)c2cc(Cl)ccc2I)cc(C)c1F. The van der Waals surface area contributed by atoms with Crippen LogP contribution in [0.15, 0.2) is 30.3 Å². The van der Waals surface area contributed by atoms with Crippen molar-refractivity contribution in [1.82, 2.24) is 0 Å². The van der Waals surface area contributed by atoms with Gasteiger partial charge in [0.15, 0.2) is 0 Å². The number of alkyl halides is 1. The van der Waals surface area contributed by atoms with E-state index in [0.717, 1.165) is 14.7 Å². The minimum atomic E-state index is -0.135. The molecule has 0 saturated carbocycles. The summed E-state index contributed by atoms with van der Waals surface area (Å²) in [6.07, 6.45) is 0. The van der Waals surface area contributed by atoms with Gasteiger partial charge >= 0.3 is 0 Å². The molecule has 0 aliphatic carbocycles. The molecule has 0 aromatic heterocycles. The highest BCUT2D eigenvalue weighted by Crippen LogP contribution is 2.36. The van der Waals surface area contributed by atoms with E-state index >= 15 is 0 Å². The summed E-state index contributed by atoms with van der Waals surface area (Å²) in [7, 11) is 0. The third-order valence-corrected chi connectivity index (χ3v) is 5.22. The van der Waals surface area contributed by atoms with Gasteiger partial charge in [-0.05, 0) is 76.9 Å². The molecule has 0 saturated heterocycles. The van der Waals surface area contributed by atoms with E-state index in [9.17, 15) is 4.39 Å². The van der Waals surface area contributed by atoms with Gasteiger partial charge in [-0.15, -0.1) is 0 Å². The monoisotopic (exact) mass is 452 g/mol. The topological polar surface area (TPSA) is 0 Å². The van der Waals surface area contributed by atoms with Gasteiger partial charge in [0.05, 0.1) is 4.83 Å². The van der Waals surface area contributed by atoms with Crippen molar-refractivity contribution in [3.8, 4) is 0 Å². The molecule has 2 aromatic carbocycles. The Morgan fingerprint density at radius 1 is 1.16 bits per heavy atom. The summed E-state index contributed by atoms with van der Waals surface area (Å²) >= 11 is 12.0. The molecule has 2 aromatic rings.